The van der Waals surface area contributed by atoms with E-state index in [9.17, 15) is 5.11 Å². The van der Waals surface area contributed by atoms with Crippen molar-refractivity contribution < 1.29 is 9.84 Å². The van der Waals surface area contributed by atoms with E-state index in [0.717, 1.165) is 10.9 Å². The molecule has 0 saturated heterocycles. The number of rotatable bonds is 4. The molecule has 5 nitrogen and oxygen atoms in total. The lowest BCUT2D eigenvalue weighted by Crippen LogP contribution is -2.00. The molecular weight excluding hydrogens is 266 g/mol. The van der Waals surface area contributed by atoms with Crippen LogP contribution >= 0.6 is 0 Å². The molecule has 0 bridgehead atoms. The number of anilines is 1. The van der Waals surface area contributed by atoms with Gasteiger partial charge in [-0.2, -0.15) is 4.98 Å². The van der Waals surface area contributed by atoms with Crippen molar-refractivity contribution in [2.75, 3.05) is 12.4 Å². The number of fused-ring (bicyclic) bond motifs is 1. The maximum atomic E-state index is 9.39. The van der Waals surface area contributed by atoms with Gasteiger partial charge in [-0.05, 0) is 18.2 Å². The fourth-order valence-electron chi connectivity index (χ4n) is 2.08. The van der Waals surface area contributed by atoms with Crippen LogP contribution in [0.2, 0.25) is 0 Å². The van der Waals surface area contributed by atoms with Crippen LogP contribution in [-0.2, 0) is 6.61 Å². The van der Waals surface area contributed by atoms with Crippen LogP contribution in [0.4, 0.5) is 5.95 Å². The first-order valence-corrected chi connectivity index (χ1v) is 6.63. The number of aromatic nitrogens is 2. The number of hydrogen-bond donors (Lipinski definition) is 2. The molecule has 5 heteroatoms. The summed E-state index contributed by atoms with van der Waals surface area (Å²) < 4.78 is 5.91. The van der Waals surface area contributed by atoms with Gasteiger partial charge in [0.25, 0.3) is 0 Å². The van der Waals surface area contributed by atoms with Crippen molar-refractivity contribution in [3.63, 3.8) is 0 Å². The molecule has 0 atom stereocenters. The third-order valence-corrected chi connectivity index (χ3v) is 3.14. The molecule has 3 rings (SSSR count). The topological polar surface area (TPSA) is 67.3 Å². The fraction of sp³-hybridized carbons (Fsp3) is 0.125. The molecule has 106 valence electrons. The highest BCUT2D eigenvalue weighted by molar-refractivity contribution is 5.84. The van der Waals surface area contributed by atoms with Gasteiger partial charge in [0.05, 0.1) is 17.5 Å². The normalized spacial score (nSPS) is 10.6. The zero-order chi connectivity index (χ0) is 14.7. The summed E-state index contributed by atoms with van der Waals surface area (Å²) in [6, 6.07) is 15.0. The molecular formula is C16H15N3O2. The number of benzene rings is 2. The number of nitrogens with zero attached hydrogens (tertiary/aromatic N) is 2. The molecule has 0 aliphatic heterocycles. The molecule has 21 heavy (non-hydrogen) atoms. The highest BCUT2D eigenvalue weighted by Gasteiger charge is 2.10. The predicted octanol–water partition coefficient (Wildman–Crippen LogP) is 2.96. The second-order valence-corrected chi connectivity index (χ2v) is 4.49. The Labute approximate surface area is 122 Å². The van der Waals surface area contributed by atoms with E-state index in [2.05, 4.69) is 15.3 Å². The highest BCUT2D eigenvalue weighted by atomic mass is 16.5. The summed E-state index contributed by atoms with van der Waals surface area (Å²) in [6.45, 7) is -0.0852. The van der Waals surface area contributed by atoms with E-state index in [1.807, 2.05) is 48.5 Å². The largest absolute Gasteiger partial charge is 0.438 e. The van der Waals surface area contributed by atoms with E-state index < -0.39 is 0 Å². The predicted molar refractivity (Wildman–Crippen MR) is 81.5 cm³/mol. The van der Waals surface area contributed by atoms with Gasteiger partial charge in [0, 0.05) is 12.6 Å². The molecule has 3 aromatic rings. The molecule has 1 aromatic heterocycles. The first-order valence-electron chi connectivity index (χ1n) is 6.63. The van der Waals surface area contributed by atoms with Gasteiger partial charge in [0.1, 0.15) is 5.75 Å². The highest BCUT2D eigenvalue weighted by Crippen LogP contribution is 2.30. The molecule has 2 aromatic carbocycles. The first kappa shape index (κ1) is 13.3. The van der Waals surface area contributed by atoms with E-state index in [0.29, 0.717) is 23.1 Å². The number of para-hydroxylation sites is 2. The van der Waals surface area contributed by atoms with Gasteiger partial charge >= 0.3 is 0 Å². The van der Waals surface area contributed by atoms with Gasteiger partial charge in [0.2, 0.25) is 11.8 Å². The lowest BCUT2D eigenvalue weighted by Gasteiger charge is -2.11. The molecule has 0 fully saturated rings. The van der Waals surface area contributed by atoms with Gasteiger partial charge in [0.15, 0.2) is 0 Å². The maximum Gasteiger partial charge on any atom is 0.231 e. The summed E-state index contributed by atoms with van der Waals surface area (Å²) in [5.41, 5.74) is 1.51. The van der Waals surface area contributed by atoms with Crippen molar-refractivity contribution in [3.8, 4) is 11.6 Å². The lowest BCUT2D eigenvalue weighted by atomic mass is 10.2. The van der Waals surface area contributed by atoms with Gasteiger partial charge in [-0.3, -0.25) is 0 Å². The Morgan fingerprint density at radius 2 is 1.81 bits per heavy atom. The standard InChI is InChI=1S/C16H15N3O2/c1-17-16-18-13-8-4-3-7-12(13)15(19-16)21-14-9-5-2-6-11(14)10-20/h2-9,20H,10H2,1H3,(H,17,18,19). The van der Waals surface area contributed by atoms with Crippen molar-refractivity contribution in [3.05, 3.63) is 54.1 Å². The number of aliphatic hydroxyl groups is 1. The Morgan fingerprint density at radius 3 is 2.62 bits per heavy atom. The van der Waals surface area contributed by atoms with Crippen molar-refractivity contribution in [1.29, 1.82) is 0 Å². The van der Waals surface area contributed by atoms with Crippen LogP contribution in [0, 0.1) is 0 Å². The molecule has 2 N–H and O–H groups in total. The summed E-state index contributed by atoms with van der Waals surface area (Å²) in [5, 5.41) is 13.1. The van der Waals surface area contributed by atoms with E-state index in [-0.39, 0.29) is 6.61 Å². The fourth-order valence-corrected chi connectivity index (χ4v) is 2.08. The molecule has 0 spiro atoms. The molecule has 0 aliphatic rings. The summed E-state index contributed by atoms with van der Waals surface area (Å²) in [6.07, 6.45) is 0. The Kier molecular flexibility index (Phi) is 3.66. The Morgan fingerprint density at radius 1 is 1.05 bits per heavy atom. The minimum atomic E-state index is -0.0852. The zero-order valence-corrected chi connectivity index (χ0v) is 11.6. The number of aliphatic hydroxyl groups excluding tert-OH is 1. The van der Waals surface area contributed by atoms with Crippen LogP contribution in [0.1, 0.15) is 5.56 Å². The van der Waals surface area contributed by atoms with Crippen LogP contribution < -0.4 is 10.1 Å². The molecule has 0 unspecified atom stereocenters. The van der Waals surface area contributed by atoms with E-state index in [1.54, 1.807) is 7.05 Å². The van der Waals surface area contributed by atoms with Crippen molar-refractivity contribution >= 4 is 16.9 Å². The maximum absolute atomic E-state index is 9.39. The van der Waals surface area contributed by atoms with Crippen LogP contribution in [-0.4, -0.2) is 22.1 Å². The third-order valence-electron chi connectivity index (χ3n) is 3.14. The molecule has 0 aliphatic carbocycles. The molecule has 0 radical (unpaired) electrons. The molecule has 0 amide bonds. The monoisotopic (exact) mass is 281 g/mol. The van der Waals surface area contributed by atoms with Crippen molar-refractivity contribution in [2.45, 2.75) is 6.61 Å². The summed E-state index contributed by atoms with van der Waals surface area (Å²) in [5.74, 6) is 1.54. The summed E-state index contributed by atoms with van der Waals surface area (Å²) in [4.78, 5) is 8.75. The smallest absolute Gasteiger partial charge is 0.231 e. The van der Waals surface area contributed by atoms with Crippen LogP contribution in [0.15, 0.2) is 48.5 Å². The second kappa shape index (κ2) is 5.76. The quantitative estimate of drug-likeness (QED) is 0.769. The zero-order valence-electron chi connectivity index (χ0n) is 11.6. The molecule has 0 saturated carbocycles. The molecule has 1 heterocycles. The van der Waals surface area contributed by atoms with Crippen LogP contribution in [0.5, 0.6) is 11.6 Å². The van der Waals surface area contributed by atoms with E-state index >= 15 is 0 Å². The Bertz CT molecular complexity index is 774. The Hall–Kier alpha value is -2.66. The van der Waals surface area contributed by atoms with E-state index in [1.165, 1.54) is 0 Å². The average Bonchev–Trinajstić information content (AvgIpc) is 2.55. The van der Waals surface area contributed by atoms with Gasteiger partial charge in [-0.25, -0.2) is 4.98 Å². The number of hydrogen-bond acceptors (Lipinski definition) is 5. The number of nitrogens with one attached hydrogen (secondary N) is 1. The van der Waals surface area contributed by atoms with Crippen LogP contribution in [0.3, 0.4) is 0 Å². The third kappa shape index (κ3) is 2.64. The van der Waals surface area contributed by atoms with Gasteiger partial charge in [-0.15, -0.1) is 0 Å². The first-order chi connectivity index (χ1) is 10.3. The van der Waals surface area contributed by atoms with E-state index in [4.69, 9.17) is 4.74 Å². The van der Waals surface area contributed by atoms with Crippen molar-refractivity contribution in [2.24, 2.45) is 0 Å². The minimum absolute atomic E-state index is 0.0852. The van der Waals surface area contributed by atoms with Gasteiger partial charge < -0.3 is 15.2 Å². The SMILES string of the molecule is CNc1nc(Oc2ccccc2CO)c2ccccc2n1. The Balaban J connectivity index is 2.11. The number of ether oxygens (including phenoxy) is 1. The second-order valence-electron chi connectivity index (χ2n) is 4.49. The van der Waals surface area contributed by atoms with Crippen LogP contribution in [0.25, 0.3) is 10.9 Å². The average molecular weight is 281 g/mol. The van der Waals surface area contributed by atoms with Crippen molar-refractivity contribution in [1.82, 2.24) is 9.97 Å². The summed E-state index contributed by atoms with van der Waals surface area (Å²) in [7, 11) is 1.76. The lowest BCUT2D eigenvalue weighted by molar-refractivity contribution is 0.276. The summed E-state index contributed by atoms with van der Waals surface area (Å²) >= 11 is 0. The minimum Gasteiger partial charge on any atom is -0.438 e. The van der Waals surface area contributed by atoms with Gasteiger partial charge in [-0.1, -0.05) is 30.3 Å².